The number of likely N-dealkylation sites (tertiary alicyclic amines) is 1. The van der Waals surface area contributed by atoms with Crippen LogP contribution in [-0.4, -0.2) is 47.3 Å². The molecular weight excluding hydrogens is 218 g/mol. The molecule has 2 fully saturated rings. The molecule has 4 heteroatoms. The number of rotatable bonds is 4. The van der Waals surface area contributed by atoms with Crippen molar-refractivity contribution in [3.63, 3.8) is 0 Å². The van der Waals surface area contributed by atoms with Crippen LogP contribution in [0.4, 0.5) is 0 Å². The first kappa shape index (κ1) is 12.8. The first-order valence-electron chi connectivity index (χ1n) is 6.75. The smallest absolute Gasteiger partial charge is 0.225 e. The van der Waals surface area contributed by atoms with Gasteiger partial charge in [-0.25, -0.2) is 0 Å². The fourth-order valence-electron chi connectivity index (χ4n) is 2.76. The zero-order chi connectivity index (χ0) is 12.3. The van der Waals surface area contributed by atoms with Gasteiger partial charge in [-0.3, -0.25) is 4.79 Å². The molecule has 0 radical (unpaired) electrons. The van der Waals surface area contributed by atoms with Gasteiger partial charge in [0.05, 0.1) is 31.2 Å². The van der Waals surface area contributed by atoms with Gasteiger partial charge in [-0.2, -0.15) is 0 Å². The van der Waals surface area contributed by atoms with Crippen molar-refractivity contribution in [1.29, 1.82) is 0 Å². The molecule has 0 aromatic rings. The van der Waals surface area contributed by atoms with Crippen molar-refractivity contribution in [2.24, 2.45) is 0 Å². The quantitative estimate of drug-likeness (QED) is 0.807. The highest BCUT2D eigenvalue weighted by Gasteiger charge is 2.42. The van der Waals surface area contributed by atoms with Crippen LogP contribution in [0.1, 0.15) is 45.4 Å². The van der Waals surface area contributed by atoms with E-state index in [1.54, 1.807) is 4.90 Å². The van der Waals surface area contributed by atoms with Crippen molar-refractivity contribution < 1.29 is 14.6 Å². The fourth-order valence-corrected chi connectivity index (χ4v) is 2.76. The number of nitrogens with zero attached hydrogens (tertiary/aromatic N) is 1. The van der Waals surface area contributed by atoms with Crippen molar-refractivity contribution in [3.05, 3.63) is 0 Å². The van der Waals surface area contributed by atoms with Crippen LogP contribution in [0.2, 0.25) is 0 Å². The van der Waals surface area contributed by atoms with Crippen molar-refractivity contribution in [1.82, 2.24) is 4.90 Å². The largest absolute Gasteiger partial charge is 0.386 e. The molecule has 1 amide bonds. The van der Waals surface area contributed by atoms with Crippen LogP contribution in [-0.2, 0) is 9.53 Å². The Balaban J connectivity index is 1.71. The summed E-state index contributed by atoms with van der Waals surface area (Å²) in [5.41, 5.74) is -0.613. The molecule has 2 saturated heterocycles. The number of hydrogen-bond donors (Lipinski definition) is 1. The highest BCUT2D eigenvalue weighted by atomic mass is 16.5. The molecule has 0 spiro atoms. The van der Waals surface area contributed by atoms with E-state index in [9.17, 15) is 9.90 Å². The third-order valence-electron chi connectivity index (χ3n) is 3.71. The summed E-state index contributed by atoms with van der Waals surface area (Å²) in [6.45, 7) is 3.86. The minimum absolute atomic E-state index is 0.108. The van der Waals surface area contributed by atoms with E-state index in [2.05, 4.69) is 6.92 Å². The lowest BCUT2D eigenvalue weighted by molar-refractivity contribution is -0.159. The van der Waals surface area contributed by atoms with Gasteiger partial charge < -0.3 is 14.7 Å². The summed E-state index contributed by atoms with van der Waals surface area (Å²) in [7, 11) is 0. The number of amides is 1. The van der Waals surface area contributed by atoms with Crippen LogP contribution in [0, 0.1) is 0 Å². The lowest BCUT2D eigenvalue weighted by Crippen LogP contribution is -2.63. The number of ether oxygens (including phenoxy) is 1. The summed E-state index contributed by atoms with van der Waals surface area (Å²) in [5, 5.41) is 10.0. The van der Waals surface area contributed by atoms with Gasteiger partial charge in [0.1, 0.15) is 0 Å². The van der Waals surface area contributed by atoms with Gasteiger partial charge in [0.2, 0.25) is 5.91 Å². The van der Waals surface area contributed by atoms with E-state index in [0.29, 0.717) is 19.5 Å². The van der Waals surface area contributed by atoms with Crippen molar-refractivity contribution >= 4 is 5.91 Å². The number of carbonyl (C=O) groups excluding carboxylic acids is 1. The van der Waals surface area contributed by atoms with Crippen LogP contribution in [0.5, 0.6) is 0 Å². The Labute approximate surface area is 103 Å². The van der Waals surface area contributed by atoms with Gasteiger partial charge in [0.15, 0.2) is 0 Å². The Morgan fingerprint density at radius 1 is 1.47 bits per heavy atom. The molecule has 17 heavy (non-hydrogen) atoms. The Bertz CT molecular complexity index is 268. The molecule has 0 aliphatic carbocycles. The van der Waals surface area contributed by atoms with E-state index < -0.39 is 5.60 Å². The zero-order valence-electron chi connectivity index (χ0n) is 10.7. The third kappa shape index (κ3) is 3.19. The zero-order valence-corrected chi connectivity index (χ0v) is 10.7. The molecule has 2 heterocycles. The second kappa shape index (κ2) is 5.36. The molecule has 4 nitrogen and oxygen atoms in total. The Kier molecular flexibility index (Phi) is 4.05. The van der Waals surface area contributed by atoms with Gasteiger partial charge in [0, 0.05) is 6.61 Å². The average molecular weight is 241 g/mol. The number of carbonyl (C=O) groups is 1. The molecule has 98 valence electrons. The summed E-state index contributed by atoms with van der Waals surface area (Å²) < 4.78 is 5.56. The Hall–Kier alpha value is -0.610. The molecular formula is C13H23NO3. The van der Waals surface area contributed by atoms with Gasteiger partial charge in [0.25, 0.3) is 0 Å². The monoisotopic (exact) mass is 241 g/mol. The molecule has 1 unspecified atom stereocenters. The van der Waals surface area contributed by atoms with Crippen LogP contribution in [0.15, 0.2) is 0 Å². The number of β-amino-alcohol motifs (C(OH)–C–C–N with tert-alkyl or cyclic N) is 1. The first-order chi connectivity index (χ1) is 8.13. The Morgan fingerprint density at radius 2 is 2.24 bits per heavy atom. The maximum atomic E-state index is 11.9. The predicted octanol–water partition coefficient (Wildman–Crippen LogP) is 1.32. The number of hydrogen-bond acceptors (Lipinski definition) is 3. The SMILES string of the molecule is CCCC1(O)CN(C(=O)CC2CCCCO2)C1. The standard InChI is InChI=1S/C13H23NO3/c1-2-6-13(16)9-14(10-13)12(15)8-11-5-3-4-7-17-11/h11,16H,2-10H2,1H3. The molecule has 1 atom stereocenters. The van der Waals surface area contributed by atoms with Crippen LogP contribution in [0.3, 0.4) is 0 Å². The first-order valence-corrected chi connectivity index (χ1v) is 6.75. The second-order valence-corrected chi connectivity index (χ2v) is 5.42. The second-order valence-electron chi connectivity index (χ2n) is 5.42. The lowest BCUT2D eigenvalue weighted by atomic mass is 9.88. The normalized spacial score (nSPS) is 27.6. The predicted molar refractivity (Wildman–Crippen MR) is 64.6 cm³/mol. The maximum absolute atomic E-state index is 11.9. The molecule has 2 rings (SSSR count). The van der Waals surface area contributed by atoms with Gasteiger partial charge >= 0.3 is 0 Å². The van der Waals surface area contributed by atoms with Crippen molar-refractivity contribution in [2.45, 2.75) is 57.2 Å². The van der Waals surface area contributed by atoms with E-state index in [1.165, 1.54) is 0 Å². The van der Waals surface area contributed by atoms with E-state index in [4.69, 9.17) is 4.74 Å². The Morgan fingerprint density at radius 3 is 2.82 bits per heavy atom. The molecule has 0 aromatic carbocycles. The minimum atomic E-state index is -0.613. The summed E-state index contributed by atoms with van der Waals surface area (Å²) in [6.07, 6.45) is 5.63. The molecule has 0 aromatic heterocycles. The molecule has 0 bridgehead atoms. The maximum Gasteiger partial charge on any atom is 0.225 e. The van der Waals surface area contributed by atoms with E-state index in [1.807, 2.05) is 0 Å². The fraction of sp³-hybridized carbons (Fsp3) is 0.923. The van der Waals surface area contributed by atoms with Crippen LogP contribution in [0.25, 0.3) is 0 Å². The van der Waals surface area contributed by atoms with Crippen LogP contribution >= 0.6 is 0 Å². The summed E-state index contributed by atoms with van der Waals surface area (Å²) in [4.78, 5) is 13.7. The van der Waals surface area contributed by atoms with E-state index in [-0.39, 0.29) is 12.0 Å². The summed E-state index contributed by atoms with van der Waals surface area (Å²) >= 11 is 0. The highest BCUT2D eigenvalue weighted by molar-refractivity contribution is 5.78. The van der Waals surface area contributed by atoms with Crippen molar-refractivity contribution in [2.75, 3.05) is 19.7 Å². The molecule has 2 aliphatic heterocycles. The van der Waals surface area contributed by atoms with E-state index >= 15 is 0 Å². The van der Waals surface area contributed by atoms with E-state index in [0.717, 1.165) is 38.7 Å². The molecule has 2 aliphatic rings. The minimum Gasteiger partial charge on any atom is -0.386 e. The third-order valence-corrected chi connectivity index (χ3v) is 3.71. The molecule has 0 saturated carbocycles. The van der Waals surface area contributed by atoms with Gasteiger partial charge in [-0.1, -0.05) is 13.3 Å². The number of aliphatic hydroxyl groups is 1. The molecule has 1 N–H and O–H groups in total. The summed E-state index contributed by atoms with van der Waals surface area (Å²) in [6, 6.07) is 0. The van der Waals surface area contributed by atoms with Crippen molar-refractivity contribution in [3.8, 4) is 0 Å². The highest BCUT2D eigenvalue weighted by Crippen LogP contribution is 2.27. The lowest BCUT2D eigenvalue weighted by Gasteiger charge is -2.47. The topological polar surface area (TPSA) is 49.8 Å². The average Bonchev–Trinajstić information content (AvgIpc) is 2.27. The van der Waals surface area contributed by atoms with Gasteiger partial charge in [-0.15, -0.1) is 0 Å². The summed E-state index contributed by atoms with van der Waals surface area (Å²) in [5.74, 6) is 0.137. The van der Waals surface area contributed by atoms with Crippen LogP contribution < -0.4 is 0 Å². The van der Waals surface area contributed by atoms with Gasteiger partial charge in [-0.05, 0) is 25.7 Å².